The summed E-state index contributed by atoms with van der Waals surface area (Å²) in [4.78, 5) is 13.3. The molecule has 0 saturated carbocycles. The summed E-state index contributed by atoms with van der Waals surface area (Å²) in [6.07, 6.45) is 5.56. The Labute approximate surface area is 113 Å². The highest BCUT2D eigenvalue weighted by Crippen LogP contribution is 2.37. The van der Waals surface area contributed by atoms with E-state index in [1.165, 1.54) is 29.2 Å². The third-order valence-electron chi connectivity index (χ3n) is 2.74. The van der Waals surface area contributed by atoms with Gasteiger partial charge in [-0.2, -0.15) is 13.2 Å². The van der Waals surface area contributed by atoms with E-state index in [9.17, 15) is 18.0 Å². The van der Waals surface area contributed by atoms with Crippen LogP contribution in [-0.2, 0) is 4.79 Å². The summed E-state index contributed by atoms with van der Waals surface area (Å²) in [5.74, 6) is 2.30. The summed E-state index contributed by atoms with van der Waals surface area (Å²) in [5, 5.41) is 0. The molecular formula is C13H10F3NOS. The van der Waals surface area contributed by atoms with Crippen molar-refractivity contribution in [2.75, 3.05) is 11.4 Å². The fourth-order valence-corrected chi connectivity index (χ4v) is 2.44. The van der Waals surface area contributed by atoms with Gasteiger partial charge in [-0.1, -0.05) is 0 Å². The molecule has 6 heteroatoms. The van der Waals surface area contributed by atoms with Crippen molar-refractivity contribution in [1.82, 2.24) is 0 Å². The molecule has 1 unspecified atom stereocenters. The van der Waals surface area contributed by atoms with Crippen LogP contribution >= 0.6 is 11.8 Å². The van der Waals surface area contributed by atoms with Crippen molar-refractivity contribution in [1.29, 1.82) is 0 Å². The highest BCUT2D eigenvalue weighted by atomic mass is 32.2. The first-order valence-corrected chi connectivity index (χ1v) is 6.33. The summed E-state index contributed by atoms with van der Waals surface area (Å²) in [5.41, 5.74) is -3.73. The molecule has 0 N–H and O–H groups in total. The molecule has 1 aliphatic rings. The van der Waals surface area contributed by atoms with E-state index in [1.807, 2.05) is 0 Å². The Kier molecular flexibility index (Phi) is 3.76. The summed E-state index contributed by atoms with van der Waals surface area (Å²) in [6, 6.07) is 5.71. The number of anilines is 1. The minimum Gasteiger partial charge on any atom is -0.311 e. The van der Waals surface area contributed by atoms with Crippen molar-refractivity contribution in [3.05, 3.63) is 24.3 Å². The van der Waals surface area contributed by atoms with E-state index in [1.54, 1.807) is 0 Å². The molecule has 1 atom stereocenters. The fraction of sp³-hybridized carbons (Fsp3) is 0.308. The Balaban J connectivity index is 2.11. The largest absolute Gasteiger partial charge is 0.446 e. The first kappa shape index (κ1) is 13.8. The number of carbonyl (C=O) groups is 1. The molecule has 2 nitrogen and oxygen atoms in total. The maximum Gasteiger partial charge on any atom is 0.446 e. The molecule has 100 valence electrons. The van der Waals surface area contributed by atoms with Crippen LogP contribution in [0, 0.1) is 18.3 Å². The Morgan fingerprint density at radius 3 is 2.42 bits per heavy atom. The van der Waals surface area contributed by atoms with E-state index in [2.05, 4.69) is 5.92 Å². The van der Waals surface area contributed by atoms with Gasteiger partial charge in [0.2, 0.25) is 5.91 Å². The fourth-order valence-electron chi connectivity index (χ4n) is 1.90. The first-order chi connectivity index (χ1) is 8.89. The van der Waals surface area contributed by atoms with Crippen molar-refractivity contribution in [3.8, 4) is 12.3 Å². The number of benzene rings is 1. The maximum absolute atomic E-state index is 12.2. The number of nitrogens with zero attached hydrogens (tertiary/aromatic N) is 1. The van der Waals surface area contributed by atoms with Crippen LogP contribution in [0.4, 0.5) is 18.9 Å². The monoisotopic (exact) mass is 285 g/mol. The number of amides is 1. The van der Waals surface area contributed by atoms with Crippen molar-refractivity contribution in [2.24, 2.45) is 5.92 Å². The van der Waals surface area contributed by atoms with Crippen LogP contribution in [0.2, 0.25) is 0 Å². The maximum atomic E-state index is 12.2. The number of hydrogen-bond donors (Lipinski definition) is 0. The Morgan fingerprint density at radius 1 is 1.32 bits per heavy atom. The summed E-state index contributed by atoms with van der Waals surface area (Å²) < 4.78 is 36.5. The lowest BCUT2D eigenvalue weighted by Gasteiger charge is -2.16. The molecule has 0 aliphatic carbocycles. The summed E-state index contributed by atoms with van der Waals surface area (Å²) in [6.45, 7) is 0.418. The second-order valence-electron chi connectivity index (χ2n) is 4.11. The minimum atomic E-state index is -4.31. The van der Waals surface area contributed by atoms with Crippen LogP contribution < -0.4 is 4.90 Å². The Bertz CT molecular complexity index is 518. The second-order valence-corrected chi connectivity index (χ2v) is 5.25. The van der Waals surface area contributed by atoms with Crippen molar-refractivity contribution in [2.45, 2.75) is 16.8 Å². The SMILES string of the molecule is C#CC1CC(=O)N(c2ccc(SC(F)(F)F)cc2)C1. The van der Waals surface area contributed by atoms with Crippen LogP contribution in [0.25, 0.3) is 0 Å². The van der Waals surface area contributed by atoms with Gasteiger partial charge in [0, 0.05) is 29.5 Å². The van der Waals surface area contributed by atoms with Crippen molar-refractivity contribution >= 4 is 23.4 Å². The van der Waals surface area contributed by atoms with Crippen LogP contribution in [0.3, 0.4) is 0 Å². The van der Waals surface area contributed by atoms with Crippen LogP contribution in [-0.4, -0.2) is 18.0 Å². The lowest BCUT2D eigenvalue weighted by atomic mass is 10.1. The lowest BCUT2D eigenvalue weighted by Crippen LogP contribution is -2.24. The van der Waals surface area contributed by atoms with Gasteiger partial charge in [0.25, 0.3) is 0 Å². The van der Waals surface area contributed by atoms with E-state index in [4.69, 9.17) is 6.42 Å². The Hall–Kier alpha value is -1.61. The number of halogens is 3. The zero-order valence-corrected chi connectivity index (χ0v) is 10.6. The molecule has 1 aliphatic heterocycles. The van der Waals surface area contributed by atoms with Crippen LogP contribution in [0.1, 0.15) is 6.42 Å². The number of hydrogen-bond acceptors (Lipinski definition) is 2. The van der Waals surface area contributed by atoms with E-state index >= 15 is 0 Å². The highest BCUT2D eigenvalue weighted by Gasteiger charge is 2.31. The molecule has 1 fully saturated rings. The van der Waals surface area contributed by atoms with Gasteiger partial charge in [-0.15, -0.1) is 12.3 Å². The number of carbonyl (C=O) groups excluding carboxylic acids is 1. The minimum absolute atomic E-state index is 0.0939. The summed E-state index contributed by atoms with van der Waals surface area (Å²) in [7, 11) is 0. The molecule has 0 bridgehead atoms. The normalized spacial score (nSPS) is 19.6. The molecule has 19 heavy (non-hydrogen) atoms. The quantitative estimate of drug-likeness (QED) is 0.614. The number of terminal acetylenes is 1. The van der Waals surface area contributed by atoms with E-state index in [0.717, 1.165) is 0 Å². The topological polar surface area (TPSA) is 20.3 Å². The zero-order chi connectivity index (χ0) is 14.0. The molecule has 1 amide bonds. The third-order valence-corrected chi connectivity index (χ3v) is 3.48. The number of thioether (sulfide) groups is 1. The molecule has 1 saturated heterocycles. The van der Waals surface area contributed by atoms with Crippen molar-refractivity contribution < 1.29 is 18.0 Å². The van der Waals surface area contributed by atoms with E-state index < -0.39 is 5.51 Å². The Morgan fingerprint density at radius 2 is 1.95 bits per heavy atom. The number of alkyl halides is 3. The number of rotatable bonds is 2. The smallest absolute Gasteiger partial charge is 0.311 e. The summed E-state index contributed by atoms with van der Waals surface area (Å²) >= 11 is -0.178. The second kappa shape index (κ2) is 5.17. The highest BCUT2D eigenvalue weighted by molar-refractivity contribution is 8.00. The van der Waals surface area contributed by atoms with Gasteiger partial charge in [0.1, 0.15) is 0 Å². The van der Waals surface area contributed by atoms with Gasteiger partial charge in [0.15, 0.2) is 0 Å². The molecule has 2 rings (SSSR count). The average Bonchev–Trinajstić information content (AvgIpc) is 2.70. The van der Waals surface area contributed by atoms with Gasteiger partial charge >= 0.3 is 5.51 Å². The van der Waals surface area contributed by atoms with E-state index in [0.29, 0.717) is 12.2 Å². The molecule has 0 radical (unpaired) electrons. The van der Waals surface area contributed by atoms with Gasteiger partial charge in [-0.3, -0.25) is 4.79 Å². The zero-order valence-electron chi connectivity index (χ0n) is 9.78. The predicted octanol–water partition coefficient (Wildman–Crippen LogP) is 3.28. The molecular weight excluding hydrogens is 275 g/mol. The third kappa shape index (κ3) is 3.44. The van der Waals surface area contributed by atoms with E-state index in [-0.39, 0.29) is 34.9 Å². The molecule has 1 aromatic rings. The molecule has 0 spiro atoms. The predicted molar refractivity (Wildman–Crippen MR) is 67.6 cm³/mol. The van der Waals surface area contributed by atoms with Crippen LogP contribution in [0.15, 0.2) is 29.2 Å². The molecule has 1 heterocycles. The average molecular weight is 285 g/mol. The lowest BCUT2D eigenvalue weighted by molar-refractivity contribution is -0.117. The molecule has 1 aromatic carbocycles. The van der Waals surface area contributed by atoms with Crippen molar-refractivity contribution in [3.63, 3.8) is 0 Å². The van der Waals surface area contributed by atoms with Gasteiger partial charge in [-0.05, 0) is 36.0 Å². The van der Waals surface area contributed by atoms with Gasteiger partial charge in [0.05, 0.1) is 0 Å². The first-order valence-electron chi connectivity index (χ1n) is 5.51. The van der Waals surface area contributed by atoms with Gasteiger partial charge < -0.3 is 4.90 Å². The molecule has 0 aromatic heterocycles. The van der Waals surface area contributed by atoms with Gasteiger partial charge in [-0.25, -0.2) is 0 Å². The standard InChI is InChI=1S/C13H10F3NOS/c1-2-9-7-12(18)17(8-9)10-3-5-11(6-4-10)19-13(14,15)16/h1,3-6,9H,7-8H2. The van der Waals surface area contributed by atoms with Crippen LogP contribution in [0.5, 0.6) is 0 Å².